The average molecular weight is 434 g/mol. The van der Waals surface area contributed by atoms with Crippen LogP contribution in [-0.2, 0) is 15.9 Å². The Hall–Kier alpha value is -2.31. The molecule has 0 bridgehead atoms. The van der Waals surface area contributed by atoms with Gasteiger partial charge in [-0.25, -0.2) is 4.79 Å². The van der Waals surface area contributed by atoms with Gasteiger partial charge in [-0.3, -0.25) is 4.79 Å². The topological polar surface area (TPSA) is 66.8 Å². The Kier molecular flexibility index (Phi) is 7.21. The number of fused-ring (bicyclic) bond motifs is 3. The number of methoxy groups -OCH3 is 1. The summed E-state index contributed by atoms with van der Waals surface area (Å²) in [5, 5.41) is 0.489. The molecule has 0 radical (unpaired) electrons. The molecule has 162 valence electrons. The van der Waals surface area contributed by atoms with Crippen molar-refractivity contribution in [1.29, 1.82) is 0 Å². The van der Waals surface area contributed by atoms with Crippen LogP contribution in [0.2, 0.25) is 5.02 Å². The van der Waals surface area contributed by atoms with Crippen LogP contribution in [0.15, 0.2) is 29.2 Å². The van der Waals surface area contributed by atoms with Gasteiger partial charge in [0, 0.05) is 44.0 Å². The number of carbonyl (C=O) groups is 1. The smallest absolute Gasteiger partial charge is 0.343 e. The average Bonchev–Trinajstić information content (AvgIpc) is 2.70. The fourth-order valence-electron chi connectivity index (χ4n) is 3.78. The van der Waals surface area contributed by atoms with E-state index < -0.39 is 5.97 Å². The molecule has 0 saturated carbocycles. The number of pyridine rings is 1. The van der Waals surface area contributed by atoms with Gasteiger partial charge in [-0.2, -0.15) is 0 Å². The molecule has 0 amide bonds. The zero-order valence-corrected chi connectivity index (χ0v) is 18.6. The fourth-order valence-corrected chi connectivity index (χ4v) is 4.00. The molecule has 2 aromatic rings. The lowest BCUT2D eigenvalue weighted by Crippen LogP contribution is -2.28. The maximum atomic E-state index is 12.7. The van der Waals surface area contributed by atoms with E-state index in [2.05, 4.69) is 13.8 Å². The number of esters is 1. The summed E-state index contributed by atoms with van der Waals surface area (Å²) in [6.45, 7) is 7.33. The van der Waals surface area contributed by atoms with Gasteiger partial charge in [0.2, 0.25) is 0 Å². The molecular formula is C23H28ClNO5. The second-order valence-electron chi connectivity index (χ2n) is 7.71. The highest BCUT2D eigenvalue weighted by molar-refractivity contribution is 6.32. The number of aromatic nitrogens is 1. The van der Waals surface area contributed by atoms with Gasteiger partial charge in [0.05, 0.1) is 23.9 Å². The highest BCUT2D eigenvalue weighted by Gasteiger charge is 2.29. The predicted molar refractivity (Wildman–Crippen MR) is 117 cm³/mol. The Balaban J connectivity index is 2.05. The first kappa shape index (κ1) is 22.4. The van der Waals surface area contributed by atoms with Crippen LogP contribution in [0.4, 0.5) is 0 Å². The SMILES string of the molecule is CCOC(=O)c1cn2c(cc1=O)-c1cc(Cl)c(OCCCOC)cc1CC2C(C)C. The van der Waals surface area contributed by atoms with Crippen molar-refractivity contribution in [2.45, 2.75) is 39.7 Å². The molecule has 0 aliphatic carbocycles. The molecule has 0 spiro atoms. The molecule has 6 nitrogen and oxygen atoms in total. The van der Waals surface area contributed by atoms with Crippen LogP contribution in [0, 0.1) is 5.92 Å². The molecule has 0 fully saturated rings. The molecule has 1 aliphatic rings. The summed E-state index contributed by atoms with van der Waals surface area (Å²) in [6, 6.07) is 5.40. The minimum atomic E-state index is -0.594. The Morgan fingerprint density at radius 1 is 1.27 bits per heavy atom. The van der Waals surface area contributed by atoms with E-state index in [1.807, 2.05) is 16.7 Å². The molecule has 30 heavy (non-hydrogen) atoms. The molecule has 1 unspecified atom stereocenters. The zero-order chi connectivity index (χ0) is 21.8. The number of ether oxygens (including phenoxy) is 3. The summed E-state index contributed by atoms with van der Waals surface area (Å²) in [5.74, 6) is 0.327. The third kappa shape index (κ3) is 4.55. The fraction of sp³-hybridized carbons (Fsp3) is 0.478. The van der Waals surface area contributed by atoms with Crippen LogP contribution in [0.5, 0.6) is 5.75 Å². The highest BCUT2D eigenvalue weighted by atomic mass is 35.5. The van der Waals surface area contributed by atoms with Crippen LogP contribution in [0.3, 0.4) is 0 Å². The maximum absolute atomic E-state index is 12.7. The summed E-state index contributed by atoms with van der Waals surface area (Å²) in [6.07, 6.45) is 3.15. The van der Waals surface area contributed by atoms with Crippen LogP contribution in [0.1, 0.15) is 49.2 Å². The van der Waals surface area contributed by atoms with E-state index in [4.69, 9.17) is 25.8 Å². The van der Waals surface area contributed by atoms with E-state index >= 15 is 0 Å². The lowest BCUT2D eigenvalue weighted by molar-refractivity contribution is 0.0523. The lowest BCUT2D eigenvalue weighted by atomic mass is 9.87. The number of benzene rings is 1. The standard InChI is InChI=1S/C23H28ClNO5/c1-5-29-23(27)17-13-25-19(14(2)3)9-15-10-22(30-8-6-7-28-4)18(24)11-16(15)20(25)12-21(17)26/h10-14,19H,5-9H2,1-4H3. The number of halogens is 1. The monoisotopic (exact) mass is 433 g/mol. The van der Waals surface area contributed by atoms with Crippen LogP contribution < -0.4 is 10.2 Å². The van der Waals surface area contributed by atoms with Gasteiger partial charge in [0.25, 0.3) is 0 Å². The van der Waals surface area contributed by atoms with Gasteiger partial charge in [-0.05, 0) is 37.0 Å². The first-order chi connectivity index (χ1) is 14.4. The van der Waals surface area contributed by atoms with Crippen molar-refractivity contribution in [3.63, 3.8) is 0 Å². The zero-order valence-electron chi connectivity index (χ0n) is 17.9. The maximum Gasteiger partial charge on any atom is 0.343 e. The Bertz CT molecular complexity index is 982. The number of carbonyl (C=O) groups excluding carboxylic acids is 1. The van der Waals surface area contributed by atoms with Crippen molar-refractivity contribution in [2.24, 2.45) is 5.92 Å². The minimum absolute atomic E-state index is 0.0545. The van der Waals surface area contributed by atoms with E-state index in [0.717, 1.165) is 29.7 Å². The number of rotatable bonds is 8. The summed E-state index contributed by atoms with van der Waals surface area (Å²) in [4.78, 5) is 24.9. The molecule has 7 heteroatoms. The van der Waals surface area contributed by atoms with Gasteiger partial charge >= 0.3 is 5.97 Å². The van der Waals surface area contributed by atoms with Crippen molar-refractivity contribution in [3.05, 3.63) is 50.8 Å². The second-order valence-corrected chi connectivity index (χ2v) is 8.12. The molecule has 1 atom stereocenters. The molecule has 1 aromatic heterocycles. The van der Waals surface area contributed by atoms with E-state index in [0.29, 0.717) is 24.0 Å². The molecule has 1 aliphatic heterocycles. The van der Waals surface area contributed by atoms with E-state index in [-0.39, 0.29) is 29.6 Å². The van der Waals surface area contributed by atoms with Crippen molar-refractivity contribution in [3.8, 4) is 17.0 Å². The molecule has 3 rings (SSSR count). The summed E-state index contributed by atoms with van der Waals surface area (Å²) in [5.41, 5.74) is 2.41. The molecule has 2 heterocycles. The lowest BCUT2D eigenvalue weighted by Gasteiger charge is -2.33. The Labute approximate surface area is 181 Å². The van der Waals surface area contributed by atoms with Gasteiger partial charge in [-0.1, -0.05) is 25.4 Å². The summed E-state index contributed by atoms with van der Waals surface area (Å²) >= 11 is 6.48. The predicted octanol–water partition coefficient (Wildman–Crippen LogP) is 4.51. The molecule has 0 N–H and O–H groups in total. The van der Waals surface area contributed by atoms with E-state index in [1.54, 1.807) is 20.2 Å². The minimum Gasteiger partial charge on any atom is -0.492 e. The summed E-state index contributed by atoms with van der Waals surface area (Å²) in [7, 11) is 1.66. The van der Waals surface area contributed by atoms with Gasteiger partial charge in [0.1, 0.15) is 11.3 Å². The van der Waals surface area contributed by atoms with Gasteiger partial charge < -0.3 is 18.8 Å². The second kappa shape index (κ2) is 9.67. The Morgan fingerprint density at radius 3 is 2.70 bits per heavy atom. The number of hydrogen-bond acceptors (Lipinski definition) is 5. The Morgan fingerprint density at radius 2 is 2.03 bits per heavy atom. The quantitative estimate of drug-likeness (QED) is 0.452. The first-order valence-corrected chi connectivity index (χ1v) is 10.6. The molecule has 1 aromatic carbocycles. The molecule has 0 saturated heterocycles. The third-order valence-electron chi connectivity index (χ3n) is 5.31. The van der Waals surface area contributed by atoms with Gasteiger partial charge in [0.15, 0.2) is 5.43 Å². The highest BCUT2D eigenvalue weighted by Crippen LogP contribution is 2.41. The third-order valence-corrected chi connectivity index (χ3v) is 5.61. The van der Waals surface area contributed by atoms with Gasteiger partial charge in [-0.15, -0.1) is 0 Å². The van der Waals surface area contributed by atoms with E-state index in [9.17, 15) is 9.59 Å². The van der Waals surface area contributed by atoms with Crippen molar-refractivity contribution >= 4 is 17.6 Å². The van der Waals surface area contributed by atoms with Crippen molar-refractivity contribution in [2.75, 3.05) is 26.9 Å². The first-order valence-electron chi connectivity index (χ1n) is 10.2. The largest absolute Gasteiger partial charge is 0.492 e. The van der Waals surface area contributed by atoms with Crippen LogP contribution >= 0.6 is 11.6 Å². The summed E-state index contributed by atoms with van der Waals surface area (Å²) < 4.78 is 18.0. The van der Waals surface area contributed by atoms with Crippen molar-refractivity contribution in [1.82, 2.24) is 4.57 Å². The van der Waals surface area contributed by atoms with E-state index in [1.165, 1.54) is 6.07 Å². The molecular weight excluding hydrogens is 406 g/mol. The number of hydrogen-bond donors (Lipinski definition) is 0. The normalized spacial score (nSPS) is 14.9. The van der Waals surface area contributed by atoms with Crippen molar-refractivity contribution < 1.29 is 19.0 Å². The van der Waals surface area contributed by atoms with Crippen LogP contribution in [-0.4, -0.2) is 37.5 Å². The van der Waals surface area contributed by atoms with Crippen LogP contribution in [0.25, 0.3) is 11.3 Å². The number of nitrogens with zero attached hydrogens (tertiary/aromatic N) is 1.